The number of carbonyl (C=O) groups is 5. The average molecular weight is 1150 g/mol. The van der Waals surface area contributed by atoms with Crippen molar-refractivity contribution in [1.29, 1.82) is 0 Å². The summed E-state index contributed by atoms with van der Waals surface area (Å²) in [7, 11) is 0. The third-order valence-corrected chi connectivity index (χ3v) is 17.8. The number of aliphatic hydroxyl groups excluding tert-OH is 1. The van der Waals surface area contributed by atoms with Gasteiger partial charge in [0.05, 0.1) is 38.4 Å². The van der Waals surface area contributed by atoms with Crippen molar-refractivity contribution in [2.24, 2.45) is 10.8 Å². The van der Waals surface area contributed by atoms with Crippen molar-refractivity contribution in [2.75, 3.05) is 23.3 Å². The van der Waals surface area contributed by atoms with Gasteiger partial charge in [0.15, 0.2) is 10.8 Å². The van der Waals surface area contributed by atoms with E-state index in [1.807, 2.05) is 175 Å². The average Bonchev–Trinajstić information content (AvgIpc) is 4.33. The van der Waals surface area contributed by atoms with Gasteiger partial charge in [0.1, 0.15) is 29.4 Å². The van der Waals surface area contributed by atoms with E-state index in [0.717, 1.165) is 54.2 Å². The summed E-state index contributed by atoms with van der Waals surface area (Å²) in [6.45, 7) is 15.9. The lowest BCUT2D eigenvalue weighted by Crippen LogP contribution is -2.59. The van der Waals surface area contributed by atoms with Gasteiger partial charge in [-0.15, -0.1) is 11.3 Å². The molecule has 3 aromatic heterocycles. The van der Waals surface area contributed by atoms with Gasteiger partial charge in [0, 0.05) is 42.6 Å². The zero-order valence-corrected chi connectivity index (χ0v) is 49.4. The number of likely N-dealkylation sites (tertiary alicyclic amines) is 1. The van der Waals surface area contributed by atoms with Gasteiger partial charge in [-0.3, -0.25) is 24.5 Å². The number of hydrogen-bond donors (Lipinski definition) is 5. The quantitative estimate of drug-likeness (QED) is 0.0576. The maximum atomic E-state index is 14.5. The lowest BCUT2D eigenvalue weighted by molar-refractivity contribution is -0.145. The van der Waals surface area contributed by atoms with Crippen LogP contribution in [0.4, 0.5) is 10.9 Å². The van der Waals surface area contributed by atoms with E-state index < -0.39 is 40.9 Å². The van der Waals surface area contributed by atoms with Crippen LogP contribution < -0.4 is 25.6 Å². The Morgan fingerprint density at radius 2 is 1.58 bits per heavy atom. The highest BCUT2D eigenvalue weighted by atomic mass is 32.1. The number of aliphatic hydroxyl groups is 1. The van der Waals surface area contributed by atoms with E-state index in [2.05, 4.69) is 25.9 Å². The molecular formula is C65H68N8O8S2. The molecule has 83 heavy (non-hydrogen) atoms. The number of fused-ring (bicyclic) bond motifs is 2. The number of aryl methyl sites for hydroxylation is 2. The SMILES string of the molecule is Cc1ncsc1-c1ccc(C(C)NC(=O)[C@@H]2C[C@@H](O)CN2C(=O)C(NC(=O)C(C)(C)CCc2ccc(Oc3cccc(-c4ccc(N5CCc6cccc(C(=O)Nc7nc8ccccc8s7)c6C5)nc4C(=O)O)c3C)cc2)C(C)(C)C)cc1. The maximum absolute atomic E-state index is 14.5. The van der Waals surface area contributed by atoms with E-state index in [-0.39, 0.29) is 42.4 Å². The minimum absolute atomic E-state index is 0.0302. The molecule has 4 amide bonds. The first-order valence-corrected chi connectivity index (χ1v) is 29.6. The fraction of sp³-hybridized carbons (Fsp3) is 0.323. The van der Waals surface area contributed by atoms with Crippen LogP contribution >= 0.6 is 22.7 Å². The standard InChI is InChI=1S/C65H68N8O8S2/c1-37-46(47-27-28-54(69-55(47)61(78)79)72-32-30-42-13-11-15-48(49(42)35-72)58(75)71-63-68-50-16-9-10-18-53(50)83-63)14-12-17-52(37)81-45-25-19-40(20-26-45)29-31-65(7,8)62(80)70-57(64(4,5)6)60(77)73-34-44(74)33-51(73)59(76)67-38(2)41-21-23-43(24-22-41)56-39(3)66-36-82-56/h9-28,36,38,44,51,57,74H,29-35H2,1-8H3,(H,67,76)(H,70,80)(H,78,79)(H,68,71,75)/t38?,44-,51+,57?/m1/s1. The smallest absolute Gasteiger partial charge is 0.355 e. The second kappa shape index (κ2) is 23.9. The number of carboxylic acid groups (broad SMARTS) is 1. The first kappa shape index (κ1) is 57.9. The number of rotatable bonds is 17. The maximum Gasteiger partial charge on any atom is 0.355 e. The van der Waals surface area contributed by atoms with Gasteiger partial charge in [-0.2, -0.15) is 0 Å². The fourth-order valence-corrected chi connectivity index (χ4v) is 12.5. The lowest BCUT2D eigenvalue weighted by atomic mass is 9.82. The lowest BCUT2D eigenvalue weighted by Gasteiger charge is -2.37. The van der Waals surface area contributed by atoms with Crippen LogP contribution in [0.1, 0.15) is 115 Å². The molecule has 0 aliphatic carbocycles. The summed E-state index contributed by atoms with van der Waals surface area (Å²) in [6, 6.07) is 35.8. The van der Waals surface area contributed by atoms with E-state index in [0.29, 0.717) is 71.5 Å². The van der Waals surface area contributed by atoms with E-state index in [9.17, 15) is 34.2 Å². The van der Waals surface area contributed by atoms with Crippen LogP contribution in [-0.4, -0.2) is 90.9 Å². The van der Waals surface area contributed by atoms with Crippen LogP contribution in [0.3, 0.4) is 0 Å². The monoisotopic (exact) mass is 1150 g/mol. The number of anilines is 2. The highest BCUT2D eigenvalue weighted by molar-refractivity contribution is 7.22. The molecule has 1 fully saturated rings. The number of pyridine rings is 1. The number of amides is 4. The zero-order valence-electron chi connectivity index (χ0n) is 47.8. The number of nitrogens with one attached hydrogen (secondary N) is 3. The van der Waals surface area contributed by atoms with Crippen LogP contribution in [0.15, 0.2) is 127 Å². The molecule has 4 atom stereocenters. The van der Waals surface area contributed by atoms with Crippen LogP contribution in [0.5, 0.6) is 11.5 Å². The molecule has 1 saturated heterocycles. The number of thiazole rings is 2. The molecular weight excluding hydrogens is 1080 g/mol. The molecule has 5 aromatic carbocycles. The highest BCUT2D eigenvalue weighted by Crippen LogP contribution is 2.38. The molecule has 0 spiro atoms. The normalized spacial score (nSPS) is 16.0. The molecule has 8 aromatic rings. The number of carboxylic acids is 1. The Hall–Kier alpha value is -8.32. The number of para-hydroxylation sites is 1. The molecule has 2 aliphatic heterocycles. The molecule has 0 radical (unpaired) electrons. The minimum atomic E-state index is -1.18. The van der Waals surface area contributed by atoms with E-state index in [1.165, 1.54) is 16.2 Å². The number of benzene rings is 5. The Kier molecular flexibility index (Phi) is 16.7. The number of nitrogens with zero attached hydrogens (tertiary/aromatic N) is 5. The summed E-state index contributed by atoms with van der Waals surface area (Å²) in [5.74, 6) is -0.961. The molecule has 428 valence electrons. The predicted molar refractivity (Wildman–Crippen MR) is 325 cm³/mol. The fourth-order valence-electron chi connectivity index (χ4n) is 10.9. The Balaban J connectivity index is 0.757. The van der Waals surface area contributed by atoms with Crippen LogP contribution in [-0.2, 0) is 33.8 Å². The minimum Gasteiger partial charge on any atom is -0.476 e. The summed E-state index contributed by atoms with van der Waals surface area (Å²) >= 11 is 2.98. The van der Waals surface area contributed by atoms with Crippen LogP contribution in [0.25, 0.3) is 31.8 Å². The topological polar surface area (TPSA) is 216 Å². The van der Waals surface area contributed by atoms with Gasteiger partial charge in [-0.1, -0.05) is 119 Å². The summed E-state index contributed by atoms with van der Waals surface area (Å²) in [5, 5.41) is 31.0. The van der Waals surface area contributed by atoms with Crippen molar-refractivity contribution in [2.45, 2.75) is 112 Å². The summed E-state index contributed by atoms with van der Waals surface area (Å²) in [5.41, 5.74) is 8.99. The second-order valence-corrected chi connectivity index (χ2v) is 25.2. The Morgan fingerprint density at radius 3 is 2.29 bits per heavy atom. The number of hydrogen-bond acceptors (Lipinski definition) is 13. The molecule has 0 bridgehead atoms. The number of ether oxygens (including phenoxy) is 1. The van der Waals surface area contributed by atoms with E-state index in [1.54, 1.807) is 23.5 Å². The van der Waals surface area contributed by atoms with Crippen molar-refractivity contribution >= 4 is 73.4 Å². The largest absolute Gasteiger partial charge is 0.476 e. The Labute approximate surface area is 491 Å². The van der Waals surface area contributed by atoms with Gasteiger partial charge in [-0.05, 0) is 133 Å². The third kappa shape index (κ3) is 12.7. The van der Waals surface area contributed by atoms with Crippen molar-refractivity contribution in [3.63, 3.8) is 0 Å². The molecule has 5 N–H and O–H groups in total. The van der Waals surface area contributed by atoms with Crippen molar-refractivity contribution in [3.05, 3.63) is 172 Å². The van der Waals surface area contributed by atoms with Crippen LogP contribution in [0.2, 0.25) is 0 Å². The van der Waals surface area contributed by atoms with Gasteiger partial charge < -0.3 is 35.4 Å². The third-order valence-electron chi connectivity index (χ3n) is 15.8. The summed E-state index contributed by atoms with van der Waals surface area (Å²) < 4.78 is 7.39. The molecule has 10 rings (SSSR count). The number of aromatic carboxylic acids is 1. The van der Waals surface area contributed by atoms with Crippen LogP contribution in [0, 0.1) is 24.7 Å². The molecule has 2 unspecified atom stereocenters. The molecule has 5 heterocycles. The van der Waals surface area contributed by atoms with Crippen molar-refractivity contribution < 1.29 is 38.9 Å². The van der Waals surface area contributed by atoms with Gasteiger partial charge >= 0.3 is 5.97 Å². The first-order chi connectivity index (χ1) is 39.6. The van der Waals surface area contributed by atoms with Gasteiger partial charge in [0.2, 0.25) is 17.7 Å². The van der Waals surface area contributed by atoms with Gasteiger partial charge in [0.25, 0.3) is 5.91 Å². The second-order valence-electron chi connectivity index (χ2n) is 23.3. The molecule has 0 saturated carbocycles. The van der Waals surface area contributed by atoms with Crippen molar-refractivity contribution in [3.8, 4) is 33.1 Å². The van der Waals surface area contributed by atoms with Crippen molar-refractivity contribution in [1.82, 2.24) is 30.5 Å². The number of β-amino-alcohol motifs (C(OH)–C–C–N with tert-alkyl or cyclic N) is 1. The Bertz CT molecular complexity index is 3720. The summed E-state index contributed by atoms with van der Waals surface area (Å²) in [6.07, 6.45) is 0.820. The van der Waals surface area contributed by atoms with E-state index >= 15 is 0 Å². The predicted octanol–water partition coefficient (Wildman–Crippen LogP) is 11.7. The number of aromatic nitrogens is 3. The molecule has 2 aliphatic rings. The summed E-state index contributed by atoms with van der Waals surface area (Å²) in [4.78, 5) is 87.4. The number of carbonyl (C=O) groups excluding carboxylic acids is 4. The first-order valence-electron chi connectivity index (χ1n) is 27.9. The Morgan fingerprint density at radius 1 is 0.831 bits per heavy atom. The zero-order chi connectivity index (χ0) is 58.9. The molecule has 18 heteroatoms. The van der Waals surface area contributed by atoms with Gasteiger partial charge in [-0.25, -0.2) is 19.7 Å². The highest BCUT2D eigenvalue weighted by Gasteiger charge is 2.46. The molecule has 16 nitrogen and oxygen atoms in total. The van der Waals surface area contributed by atoms with E-state index in [4.69, 9.17) is 9.72 Å².